The smallest absolute Gasteiger partial charge is 0.164 e. The predicted molar refractivity (Wildman–Crippen MR) is 221 cm³/mol. The van der Waals surface area contributed by atoms with Crippen molar-refractivity contribution in [1.82, 2.24) is 24.9 Å². The summed E-state index contributed by atoms with van der Waals surface area (Å²) < 4.78 is 6.63. The lowest BCUT2D eigenvalue weighted by atomic mass is 9.99. The Labute approximate surface area is 317 Å². The lowest BCUT2D eigenvalue weighted by Gasteiger charge is -2.10. The Hall–Kier alpha value is -7.57. The van der Waals surface area contributed by atoms with Crippen molar-refractivity contribution in [3.05, 3.63) is 188 Å². The number of rotatable bonds is 7. The maximum Gasteiger partial charge on any atom is 0.164 e. The van der Waals surface area contributed by atoms with Crippen LogP contribution >= 0.6 is 0 Å². The van der Waals surface area contributed by atoms with Crippen molar-refractivity contribution in [3.63, 3.8) is 0 Å². The van der Waals surface area contributed by atoms with E-state index in [9.17, 15) is 0 Å². The molecule has 0 saturated heterocycles. The standard InChI is InChI=1S/C49H31N5O/c1-5-15-32(16-6-1)42-31-43(33-17-7-2-8-18-33)51-48(50-42)37-24-13-23-36(29-37)39-25-14-26-40-41-30-38(27-28-44(41)55-45(39)40)49-53-46(34-19-9-3-10-20-34)52-47(54-49)35-21-11-4-12-22-35/h1-31H. The number of para-hydroxylation sites is 1. The molecule has 6 nitrogen and oxygen atoms in total. The van der Waals surface area contributed by atoms with E-state index in [2.05, 4.69) is 78.9 Å². The van der Waals surface area contributed by atoms with E-state index in [1.54, 1.807) is 0 Å². The quantitative estimate of drug-likeness (QED) is 0.164. The van der Waals surface area contributed by atoms with Gasteiger partial charge in [-0.2, -0.15) is 0 Å². The third-order valence-corrected chi connectivity index (χ3v) is 9.75. The van der Waals surface area contributed by atoms with Crippen molar-refractivity contribution < 1.29 is 4.42 Å². The van der Waals surface area contributed by atoms with Crippen LogP contribution in [0.5, 0.6) is 0 Å². The Morgan fingerprint density at radius 3 is 1.33 bits per heavy atom. The van der Waals surface area contributed by atoms with Crippen molar-refractivity contribution >= 4 is 21.9 Å². The van der Waals surface area contributed by atoms with Crippen LogP contribution in [-0.4, -0.2) is 24.9 Å². The number of benzene rings is 7. The van der Waals surface area contributed by atoms with Gasteiger partial charge in [0.25, 0.3) is 0 Å². The first kappa shape index (κ1) is 32.1. The van der Waals surface area contributed by atoms with Gasteiger partial charge in [0.05, 0.1) is 11.4 Å². The van der Waals surface area contributed by atoms with Crippen LogP contribution in [0.2, 0.25) is 0 Å². The molecule has 0 saturated carbocycles. The molecule has 10 aromatic rings. The minimum atomic E-state index is 0.598. The lowest BCUT2D eigenvalue weighted by Crippen LogP contribution is -2.00. The molecule has 0 bridgehead atoms. The van der Waals surface area contributed by atoms with E-state index in [1.165, 1.54) is 0 Å². The van der Waals surface area contributed by atoms with Crippen molar-refractivity contribution in [2.24, 2.45) is 0 Å². The van der Waals surface area contributed by atoms with Gasteiger partial charge in [-0.05, 0) is 35.9 Å². The van der Waals surface area contributed by atoms with Gasteiger partial charge >= 0.3 is 0 Å². The number of fused-ring (bicyclic) bond motifs is 3. The summed E-state index contributed by atoms with van der Waals surface area (Å²) in [5.41, 5.74) is 11.1. The van der Waals surface area contributed by atoms with E-state index in [0.717, 1.165) is 77.8 Å². The third-order valence-electron chi connectivity index (χ3n) is 9.75. The molecule has 7 aromatic carbocycles. The summed E-state index contributed by atoms with van der Waals surface area (Å²) in [7, 11) is 0. The van der Waals surface area contributed by atoms with Crippen LogP contribution in [0.1, 0.15) is 0 Å². The fraction of sp³-hybridized carbons (Fsp3) is 0. The molecule has 0 aliphatic rings. The first-order valence-electron chi connectivity index (χ1n) is 18.2. The zero-order valence-corrected chi connectivity index (χ0v) is 29.5. The van der Waals surface area contributed by atoms with Gasteiger partial charge < -0.3 is 4.42 Å². The van der Waals surface area contributed by atoms with Crippen LogP contribution in [0, 0.1) is 0 Å². The molecule has 6 heteroatoms. The maximum absolute atomic E-state index is 6.63. The Kier molecular flexibility index (Phi) is 8.04. The number of aromatic nitrogens is 5. The summed E-state index contributed by atoms with van der Waals surface area (Å²) in [6.45, 7) is 0. The van der Waals surface area contributed by atoms with E-state index in [-0.39, 0.29) is 0 Å². The zero-order chi connectivity index (χ0) is 36.6. The summed E-state index contributed by atoms with van der Waals surface area (Å²) >= 11 is 0. The van der Waals surface area contributed by atoms with Crippen LogP contribution in [0.25, 0.3) is 101 Å². The molecule has 0 spiro atoms. The van der Waals surface area contributed by atoms with Gasteiger partial charge in [-0.1, -0.05) is 158 Å². The Balaban J connectivity index is 1.07. The van der Waals surface area contributed by atoms with E-state index >= 15 is 0 Å². The number of hydrogen-bond acceptors (Lipinski definition) is 6. The van der Waals surface area contributed by atoms with Crippen molar-refractivity contribution in [2.75, 3.05) is 0 Å². The van der Waals surface area contributed by atoms with Crippen molar-refractivity contribution in [2.45, 2.75) is 0 Å². The molecule has 0 N–H and O–H groups in total. The second-order valence-corrected chi connectivity index (χ2v) is 13.3. The van der Waals surface area contributed by atoms with Gasteiger partial charge in [0.1, 0.15) is 11.2 Å². The van der Waals surface area contributed by atoms with Gasteiger partial charge in [-0.15, -0.1) is 0 Å². The summed E-state index contributed by atoms with van der Waals surface area (Å²) in [6, 6.07) is 63.4. The monoisotopic (exact) mass is 705 g/mol. The molecule has 0 aliphatic heterocycles. The first-order chi connectivity index (χ1) is 27.2. The second-order valence-electron chi connectivity index (χ2n) is 13.3. The average Bonchev–Trinajstić information content (AvgIpc) is 3.66. The predicted octanol–water partition coefficient (Wildman–Crippen LogP) is 12.2. The van der Waals surface area contributed by atoms with Gasteiger partial charge in [0.2, 0.25) is 0 Å². The molecular formula is C49H31N5O. The first-order valence-corrected chi connectivity index (χ1v) is 18.2. The van der Waals surface area contributed by atoms with Crippen molar-refractivity contribution in [1.29, 1.82) is 0 Å². The molecule has 0 unspecified atom stereocenters. The van der Waals surface area contributed by atoms with Gasteiger partial charge in [-0.25, -0.2) is 24.9 Å². The molecule has 0 radical (unpaired) electrons. The summed E-state index contributed by atoms with van der Waals surface area (Å²) in [5, 5.41) is 1.99. The minimum Gasteiger partial charge on any atom is -0.455 e. The fourth-order valence-corrected chi connectivity index (χ4v) is 7.02. The maximum atomic E-state index is 6.63. The van der Waals surface area contributed by atoms with Crippen LogP contribution in [-0.2, 0) is 0 Å². The highest BCUT2D eigenvalue weighted by molar-refractivity contribution is 6.10. The van der Waals surface area contributed by atoms with Gasteiger partial charge in [0.15, 0.2) is 23.3 Å². The molecule has 3 heterocycles. The van der Waals surface area contributed by atoms with E-state index < -0.39 is 0 Å². The zero-order valence-electron chi connectivity index (χ0n) is 29.5. The highest BCUT2D eigenvalue weighted by Crippen LogP contribution is 2.39. The molecule has 10 rings (SSSR count). The van der Waals surface area contributed by atoms with Crippen LogP contribution in [0.4, 0.5) is 0 Å². The topological polar surface area (TPSA) is 77.6 Å². The average molecular weight is 706 g/mol. The summed E-state index contributed by atoms with van der Waals surface area (Å²) in [6.07, 6.45) is 0. The normalized spacial score (nSPS) is 11.3. The largest absolute Gasteiger partial charge is 0.455 e. The van der Waals surface area contributed by atoms with E-state index in [1.807, 2.05) is 109 Å². The molecular weight excluding hydrogens is 675 g/mol. The van der Waals surface area contributed by atoms with Gasteiger partial charge in [0, 0.05) is 49.7 Å². The lowest BCUT2D eigenvalue weighted by molar-refractivity contribution is 0.670. The van der Waals surface area contributed by atoms with E-state index in [4.69, 9.17) is 29.3 Å². The molecule has 3 aromatic heterocycles. The Bertz CT molecular complexity index is 2850. The van der Waals surface area contributed by atoms with E-state index in [0.29, 0.717) is 23.3 Å². The molecule has 0 aliphatic carbocycles. The summed E-state index contributed by atoms with van der Waals surface area (Å²) in [4.78, 5) is 24.9. The number of hydrogen-bond donors (Lipinski definition) is 0. The Morgan fingerprint density at radius 2 is 0.745 bits per heavy atom. The fourth-order valence-electron chi connectivity index (χ4n) is 7.02. The SMILES string of the molecule is c1ccc(-c2cc(-c3ccccc3)nc(-c3cccc(-c4cccc5c4oc4ccc(-c6nc(-c7ccccc7)nc(-c7ccccc7)n6)cc45)c3)n2)cc1. The third kappa shape index (κ3) is 6.22. The second kappa shape index (κ2) is 13.8. The van der Waals surface area contributed by atoms with Crippen molar-refractivity contribution in [3.8, 4) is 79.2 Å². The van der Waals surface area contributed by atoms with Crippen LogP contribution in [0.3, 0.4) is 0 Å². The molecule has 258 valence electrons. The Morgan fingerprint density at radius 1 is 0.291 bits per heavy atom. The molecule has 0 amide bonds. The highest BCUT2D eigenvalue weighted by atomic mass is 16.3. The van der Waals surface area contributed by atoms with Crippen LogP contribution < -0.4 is 0 Å². The number of furan rings is 1. The summed E-state index contributed by atoms with van der Waals surface area (Å²) in [5.74, 6) is 2.50. The minimum absolute atomic E-state index is 0.598. The molecule has 0 fully saturated rings. The molecule has 55 heavy (non-hydrogen) atoms. The number of nitrogens with zero attached hydrogens (tertiary/aromatic N) is 5. The highest BCUT2D eigenvalue weighted by Gasteiger charge is 2.18. The molecule has 0 atom stereocenters. The van der Waals surface area contributed by atoms with Gasteiger partial charge in [-0.3, -0.25) is 0 Å². The van der Waals surface area contributed by atoms with Crippen LogP contribution in [0.15, 0.2) is 192 Å².